The third-order valence-corrected chi connectivity index (χ3v) is 3.48. The number of nitrogens with zero attached hydrogens (tertiary/aromatic N) is 2. The number of aliphatic hydroxyl groups excluding tert-OH is 1. The molecule has 1 heterocycles. The van der Waals surface area contributed by atoms with Crippen molar-refractivity contribution in [2.24, 2.45) is 5.92 Å². The maximum atomic E-state index is 12.8. The van der Waals surface area contributed by atoms with Crippen LogP contribution in [-0.2, 0) is 13.1 Å². The van der Waals surface area contributed by atoms with Crippen LogP contribution in [0.15, 0.2) is 36.7 Å². The van der Waals surface area contributed by atoms with E-state index in [0.717, 1.165) is 12.4 Å². The predicted molar refractivity (Wildman–Crippen MR) is 88.7 cm³/mol. The quantitative estimate of drug-likeness (QED) is 0.726. The number of imidazole rings is 1. The van der Waals surface area contributed by atoms with Gasteiger partial charge in [0.2, 0.25) is 0 Å². The third-order valence-electron chi connectivity index (χ3n) is 3.48. The van der Waals surface area contributed by atoms with E-state index in [-0.39, 0.29) is 12.4 Å². The van der Waals surface area contributed by atoms with Gasteiger partial charge in [-0.15, -0.1) is 0 Å². The Hall–Kier alpha value is -2.41. The van der Waals surface area contributed by atoms with E-state index in [2.05, 4.69) is 29.5 Å². The summed E-state index contributed by atoms with van der Waals surface area (Å²) in [5.41, 5.74) is 0.546. The van der Waals surface area contributed by atoms with Gasteiger partial charge in [-0.3, -0.25) is 0 Å². The van der Waals surface area contributed by atoms with Gasteiger partial charge in [0.1, 0.15) is 11.6 Å². The molecular formula is C17H23FN4O2. The summed E-state index contributed by atoms with van der Waals surface area (Å²) in [5, 5.41) is 15.3. The van der Waals surface area contributed by atoms with Crippen molar-refractivity contribution < 1.29 is 14.3 Å². The lowest BCUT2D eigenvalue weighted by atomic mass is 10.1. The van der Waals surface area contributed by atoms with Crippen LogP contribution in [0, 0.1) is 11.7 Å². The highest BCUT2D eigenvalue weighted by Crippen LogP contribution is 2.12. The van der Waals surface area contributed by atoms with Gasteiger partial charge in [-0.05, 0) is 23.6 Å². The Kier molecular flexibility index (Phi) is 6.31. The van der Waals surface area contributed by atoms with Crippen LogP contribution in [0.2, 0.25) is 0 Å². The molecule has 0 saturated heterocycles. The van der Waals surface area contributed by atoms with Crippen molar-refractivity contribution in [2.75, 3.05) is 6.54 Å². The summed E-state index contributed by atoms with van der Waals surface area (Å²) in [5.74, 6) is 0.893. The molecule has 3 N–H and O–H groups in total. The number of hydrogen-bond acceptors (Lipinski definition) is 3. The highest BCUT2D eigenvalue weighted by atomic mass is 19.1. The average molecular weight is 334 g/mol. The molecule has 2 amide bonds. The van der Waals surface area contributed by atoms with Crippen molar-refractivity contribution in [3.63, 3.8) is 0 Å². The highest BCUT2D eigenvalue weighted by Gasteiger charge is 2.10. The van der Waals surface area contributed by atoms with Crippen molar-refractivity contribution in [1.29, 1.82) is 0 Å². The van der Waals surface area contributed by atoms with Crippen molar-refractivity contribution in [3.05, 3.63) is 53.9 Å². The molecule has 0 aliphatic rings. The first-order chi connectivity index (χ1) is 11.5. The molecule has 0 fully saturated rings. The Balaban J connectivity index is 1.77. The first kappa shape index (κ1) is 17.9. The van der Waals surface area contributed by atoms with Crippen LogP contribution in [0.4, 0.5) is 9.18 Å². The van der Waals surface area contributed by atoms with Gasteiger partial charge in [0.05, 0.1) is 12.6 Å². The van der Waals surface area contributed by atoms with E-state index in [0.29, 0.717) is 18.0 Å². The van der Waals surface area contributed by atoms with E-state index >= 15 is 0 Å². The molecular weight excluding hydrogens is 311 g/mol. The summed E-state index contributed by atoms with van der Waals surface area (Å²) in [6.07, 6.45) is 2.70. The molecule has 1 aromatic heterocycles. The van der Waals surface area contributed by atoms with E-state index in [9.17, 15) is 14.3 Å². The minimum Gasteiger partial charge on any atom is -0.387 e. The normalized spacial score (nSPS) is 12.2. The van der Waals surface area contributed by atoms with Gasteiger partial charge in [0, 0.05) is 25.5 Å². The van der Waals surface area contributed by atoms with Gasteiger partial charge in [0.25, 0.3) is 0 Å². The molecule has 0 saturated carbocycles. The zero-order chi connectivity index (χ0) is 17.5. The van der Waals surface area contributed by atoms with Gasteiger partial charge in [-0.25, -0.2) is 14.2 Å². The fraction of sp³-hybridized carbons (Fsp3) is 0.412. The zero-order valence-electron chi connectivity index (χ0n) is 13.9. The smallest absolute Gasteiger partial charge is 0.315 e. The number of nitrogens with one attached hydrogen (secondary N) is 2. The molecule has 0 aliphatic carbocycles. The van der Waals surface area contributed by atoms with Crippen LogP contribution in [0.3, 0.4) is 0 Å². The Morgan fingerprint density at radius 1 is 1.29 bits per heavy atom. The molecule has 0 bridgehead atoms. The number of carbonyl (C=O) groups is 1. The number of hydrogen-bond donors (Lipinski definition) is 3. The minimum atomic E-state index is -0.890. The summed E-state index contributed by atoms with van der Waals surface area (Å²) in [6, 6.07) is 5.13. The molecule has 24 heavy (non-hydrogen) atoms. The molecule has 2 rings (SSSR count). The maximum absolute atomic E-state index is 12.8. The third kappa shape index (κ3) is 5.34. The molecule has 0 aliphatic heterocycles. The summed E-state index contributed by atoms with van der Waals surface area (Å²) in [7, 11) is 0. The number of benzene rings is 1. The number of urea groups is 1. The molecule has 0 radical (unpaired) electrons. The number of halogens is 1. The topological polar surface area (TPSA) is 79.2 Å². The maximum Gasteiger partial charge on any atom is 0.315 e. The number of carbonyl (C=O) groups excluding carboxylic acids is 1. The summed E-state index contributed by atoms with van der Waals surface area (Å²) < 4.78 is 14.8. The number of rotatable bonds is 7. The van der Waals surface area contributed by atoms with Crippen LogP contribution in [0.5, 0.6) is 0 Å². The largest absolute Gasteiger partial charge is 0.387 e. The molecule has 6 nitrogen and oxygen atoms in total. The Morgan fingerprint density at radius 2 is 2.00 bits per heavy atom. The monoisotopic (exact) mass is 334 g/mol. The lowest BCUT2D eigenvalue weighted by Gasteiger charge is -2.14. The molecule has 2 aromatic rings. The summed E-state index contributed by atoms with van der Waals surface area (Å²) in [6.45, 7) is 5.40. The van der Waals surface area contributed by atoms with E-state index in [1.54, 1.807) is 6.20 Å². The van der Waals surface area contributed by atoms with Crippen LogP contribution in [0.1, 0.15) is 31.3 Å². The molecule has 1 aromatic carbocycles. The van der Waals surface area contributed by atoms with Crippen molar-refractivity contribution in [1.82, 2.24) is 20.2 Å². The Morgan fingerprint density at radius 3 is 2.67 bits per heavy atom. The Labute approximate surface area is 140 Å². The molecule has 7 heteroatoms. The van der Waals surface area contributed by atoms with Crippen LogP contribution in [0.25, 0.3) is 0 Å². The molecule has 0 spiro atoms. The second-order valence-corrected chi connectivity index (χ2v) is 6.02. The fourth-order valence-electron chi connectivity index (χ4n) is 2.28. The Bertz CT molecular complexity index is 655. The van der Waals surface area contributed by atoms with Gasteiger partial charge in [0.15, 0.2) is 0 Å². The van der Waals surface area contributed by atoms with E-state index < -0.39 is 12.1 Å². The van der Waals surface area contributed by atoms with Crippen molar-refractivity contribution in [2.45, 2.75) is 33.0 Å². The standard InChI is InChI=1S/C17H23FN4O2/c1-12(2)11-22-8-7-19-16(22)10-21-17(24)20-9-15(23)13-3-5-14(18)6-4-13/h3-8,12,15,23H,9-11H2,1-2H3,(H2,20,21,24). The van der Waals surface area contributed by atoms with Crippen LogP contribution in [-0.4, -0.2) is 27.2 Å². The number of aromatic nitrogens is 2. The molecule has 1 unspecified atom stereocenters. The summed E-state index contributed by atoms with van der Waals surface area (Å²) in [4.78, 5) is 16.1. The van der Waals surface area contributed by atoms with E-state index in [4.69, 9.17) is 0 Å². The van der Waals surface area contributed by atoms with Gasteiger partial charge in [-0.2, -0.15) is 0 Å². The number of aliphatic hydroxyl groups is 1. The lowest BCUT2D eigenvalue weighted by molar-refractivity contribution is 0.173. The van der Waals surface area contributed by atoms with Gasteiger partial charge < -0.3 is 20.3 Å². The zero-order valence-corrected chi connectivity index (χ0v) is 13.9. The van der Waals surface area contributed by atoms with E-state index in [1.807, 2.05) is 10.8 Å². The van der Waals surface area contributed by atoms with Crippen LogP contribution >= 0.6 is 0 Å². The van der Waals surface area contributed by atoms with Gasteiger partial charge >= 0.3 is 6.03 Å². The van der Waals surface area contributed by atoms with Crippen molar-refractivity contribution >= 4 is 6.03 Å². The molecule has 130 valence electrons. The van der Waals surface area contributed by atoms with Crippen molar-refractivity contribution in [3.8, 4) is 0 Å². The van der Waals surface area contributed by atoms with Crippen LogP contribution < -0.4 is 10.6 Å². The summed E-state index contributed by atoms with van der Waals surface area (Å²) >= 11 is 0. The van der Waals surface area contributed by atoms with E-state index in [1.165, 1.54) is 24.3 Å². The average Bonchev–Trinajstić information content (AvgIpc) is 2.97. The number of amides is 2. The fourth-order valence-corrected chi connectivity index (χ4v) is 2.28. The second kappa shape index (κ2) is 8.44. The second-order valence-electron chi connectivity index (χ2n) is 6.02. The van der Waals surface area contributed by atoms with Gasteiger partial charge in [-0.1, -0.05) is 26.0 Å². The first-order valence-electron chi connectivity index (χ1n) is 7.91. The first-order valence-corrected chi connectivity index (χ1v) is 7.91. The molecule has 1 atom stereocenters. The SMILES string of the molecule is CC(C)Cn1ccnc1CNC(=O)NCC(O)c1ccc(F)cc1. The highest BCUT2D eigenvalue weighted by molar-refractivity contribution is 5.73. The lowest BCUT2D eigenvalue weighted by Crippen LogP contribution is -2.38. The predicted octanol–water partition coefficient (Wildman–Crippen LogP) is 2.21. The minimum absolute atomic E-state index is 0.0396.